The average Bonchev–Trinajstić information content (AvgIpc) is 2.92. The summed E-state index contributed by atoms with van der Waals surface area (Å²) in [7, 11) is 3.67. The SMILES string of the molecule is CN=C(NCCNC(=O)c1ccc(Cl)c(Cl)c1)NC(C)Cc1c(C)nn(C)c1C.I. The molecule has 0 aliphatic rings. The molecular weight excluding hydrogens is 538 g/mol. The second-order valence-electron chi connectivity index (χ2n) is 6.91. The number of carbonyl (C=O) groups excluding carboxylic acids is 1. The van der Waals surface area contributed by atoms with Crippen LogP contribution in [-0.2, 0) is 13.5 Å². The van der Waals surface area contributed by atoms with Crippen LogP contribution < -0.4 is 16.0 Å². The zero-order chi connectivity index (χ0) is 21.6. The van der Waals surface area contributed by atoms with E-state index in [4.69, 9.17) is 23.2 Å². The summed E-state index contributed by atoms with van der Waals surface area (Å²) in [6.45, 7) is 7.18. The van der Waals surface area contributed by atoms with E-state index in [1.165, 1.54) is 11.3 Å². The number of halogens is 3. The third-order valence-electron chi connectivity index (χ3n) is 4.66. The standard InChI is InChI=1S/C20H28Cl2N6O.HI/c1-12(10-16-13(2)27-28(5)14(16)3)26-20(23-4)25-9-8-24-19(29)15-6-7-17(21)18(22)11-15;/h6-7,11-12H,8-10H2,1-5H3,(H,24,29)(H2,23,25,26);1H. The van der Waals surface area contributed by atoms with Crippen LogP contribution in [0.4, 0.5) is 0 Å². The number of guanidine groups is 1. The molecule has 1 unspecified atom stereocenters. The number of rotatable bonds is 7. The van der Waals surface area contributed by atoms with Crippen LogP contribution in [0, 0.1) is 13.8 Å². The van der Waals surface area contributed by atoms with E-state index in [2.05, 4.69) is 39.9 Å². The van der Waals surface area contributed by atoms with Crippen LogP contribution >= 0.6 is 47.2 Å². The Hall–Kier alpha value is -1.52. The van der Waals surface area contributed by atoms with Crippen LogP contribution in [0.25, 0.3) is 0 Å². The van der Waals surface area contributed by atoms with Crippen LogP contribution in [-0.4, -0.2) is 47.8 Å². The van der Waals surface area contributed by atoms with Gasteiger partial charge in [0.25, 0.3) is 5.91 Å². The van der Waals surface area contributed by atoms with Gasteiger partial charge in [-0.3, -0.25) is 14.5 Å². The molecule has 0 radical (unpaired) electrons. The largest absolute Gasteiger partial charge is 0.355 e. The molecule has 10 heteroatoms. The molecule has 0 bridgehead atoms. The highest BCUT2D eigenvalue weighted by molar-refractivity contribution is 14.0. The maximum atomic E-state index is 12.2. The lowest BCUT2D eigenvalue weighted by atomic mass is 10.1. The maximum Gasteiger partial charge on any atom is 0.251 e. The predicted octanol–water partition coefficient (Wildman–Crippen LogP) is 3.49. The monoisotopic (exact) mass is 566 g/mol. The molecule has 0 spiro atoms. The van der Waals surface area contributed by atoms with Crippen LogP contribution in [0.5, 0.6) is 0 Å². The summed E-state index contributed by atoms with van der Waals surface area (Å²) in [6, 6.07) is 4.97. The topological polar surface area (TPSA) is 83.3 Å². The minimum Gasteiger partial charge on any atom is -0.355 e. The number of aromatic nitrogens is 2. The predicted molar refractivity (Wildman–Crippen MR) is 135 cm³/mol. The van der Waals surface area contributed by atoms with E-state index in [-0.39, 0.29) is 35.9 Å². The van der Waals surface area contributed by atoms with E-state index < -0.39 is 0 Å². The molecule has 7 nitrogen and oxygen atoms in total. The van der Waals surface area contributed by atoms with E-state index in [0.717, 1.165) is 12.1 Å². The van der Waals surface area contributed by atoms with E-state index in [0.29, 0.717) is 34.7 Å². The van der Waals surface area contributed by atoms with Gasteiger partial charge in [-0.25, -0.2) is 0 Å². The lowest BCUT2D eigenvalue weighted by Crippen LogP contribution is -2.45. The Labute approximate surface area is 205 Å². The summed E-state index contributed by atoms with van der Waals surface area (Å²) in [6.07, 6.45) is 0.847. The lowest BCUT2D eigenvalue weighted by molar-refractivity contribution is 0.0954. The van der Waals surface area contributed by atoms with Crippen molar-refractivity contribution in [3.8, 4) is 0 Å². The highest BCUT2D eigenvalue weighted by atomic mass is 127. The number of nitrogens with one attached hydrogen (secondary N) is 3. The van der Waals surface area contributed by atoms with Crippen molar-refractivity contribution in [3.63, 3.8) is 0 Å². The summed E-state index contributed by atoms with van der Waals surface area (Å²) in [5.74, 6) is 0.477. The molecular formula is C20H29Cl2IN6O. The third kappa shape index (κ3) is 7.31. The highest BCUT2D eigenvalue weighted by Gasteiger charge is 2.14. The highest BCUT2D eigenvalue weighted by Crippen LogP contribution is 2.22. The number of nitrogens with zero attached hydrogens (tertiary/aromatic N) is 3. The fraction of sp³-hybridized carbons (Fsp3) is 0.450. The molecule has 1 aromatic carbocycles. The van der Waals surface area contributed by atoms with Gasteiger partial charge in [-0.2, -0.15) is 5.10 Å². The first-order valence-electron chi connectivity index (χ1n) is 9.42. The van der Waals surface area contributed by atoms with Crippen molar-refractivity contribution in [2.45, 2.75) is 33.2 Å². The van der Waals surface area contributed by atoms with Gasteiger partial charge in [0.05, 0.1) is 15.7 Å². The van der Waals surface area contributed by atoms with Gasteiger partial charge in [0, 0.05) is 44.5 Å². The van der Waals surface area contributed by atoms with Gasteiger partial charge in [0.15, 0.2) is 5.96 Å². The van der Waals surface area contributed by atoms with Crippen LogP contribution in [0.2, 0.25) is 10.0 Å². The lowest BCUT2D eigenvalue weighted by Gasteiger charge is -2.18. The molecule has 1 amide bonds. The van der Waals surface area contributed by atoms with E-state index in [1.807, 2.05) is 18.7 Å². The molecule has 0 saturated heterocycles. The van der Waals surface area contributed by atoms with Crippen molar-refractivity contribution in [1.29, 1.82) is 0 Å². The number of amides is 1. The van der Waals surface area contributed by atoms with Crippen molar-refractivity contribution < 1.29 is 4.79 Å². The van der Waals surface area contributed by atoms with E-state index in [1.54, 1.807) is 25.2 Å². The summed E-state index contributed by atoms with van der Waals surface area (Å²) < 4.78 is 1.90. The number of carbonyl (C=O) groups is 1. The first-order chi connectivity index (χ1) is 13.7. The van der Waals surface area contributed by atoms with E-state index in [9.17, 15) is 4.79 Å². The van der Waals surface area contributed by atoms with Gasteiger partial charge in [-0.15, -0.1) is 24.0 Å². The molecule has 2 aromatic rings. The first-order valence-corrected chi connectivity index (χ1v) is 10.2. The molecule has 2 rings (SSSR count). The summed E-state index contributed by atoms with van der Waals surface area (Å²) in [5, 5.41) is 14.7. The minimum atomic E-state index is -0.204. The van der Waals surface area contributed by atoms with Crippen molar-refractivity contribution in [2.75, 3.05) is 20.1 Å². The molecule has 0 aliphatic carbocycles. The Morgan fingerprint density at radius 1 is 1.20 bits per heavy atom. The van der Waals surface area contributed by atoms with Crippen LogP contribution in [0.15, 0.2) is 23.2 Å². The van der Waals surface area contributed by atoms with Gasteiger partial charge in [-0.1, -0.05) is 23.2 Å². The summed E-state index contributed by atoms with van der Waals surface area (Å²) >= 11 is 11.8. The Morgan fingerprint density at radius 2 is 1.87 bits per heavy atom. The van der Waals surface area contributed by atoms with Gasteiger partial charge in [0.1, 0.15) is 0 Å². The van der Waals surface area contributed by atoms with Gasteiger partial charge >= 0.3 is 0 Å². The summed E-state index contributed by atoms with van der Waals surface area (Å²) in [5.41, 5.74) is 3.94. The zero-order valence-corrected chi connectivity index (χ0v) is 21.7. The van der Waals surface area contributed by atoms with Gasteiger partial charge in [0.2, 0.25) is 0 Å². The third-order valence-corrected chi connectivity index (χ3v) is 5.40. The number of hydrogen-bond acceptors (Lipinski definition) is 3. The second-order valence-corrected chi connectivity index (χ2v) is 7.72. The van der Waals surface area contributed by atoms with Crippen LogP contribution in [0.1, 0.15) is 34.2 Å². The zero-order valence-electron chi connectivity index (χ0n) is 17.8. The van der Waals surface area contributed by atoms with Crippen molar-refractivity contribution >= 4 is 59.0 Å². The molecule has 1 aromatic heterocycles. The first kappa shape index (κ1) is 26.5. The van der Waals surface area contributed by atoms with Crippen molar-refractivity contribution in [1.82, 2.24) is 25.7 Å². The van der Waals surface area contributed by atoms with Crippen LogP contribution in [0.3, 0.4) is 0 Å². The Balaban J connectivity index is 0.00000450. The summed E-state index contributed by atoms with van der Waals surface area (Å²) in [4.78, 5) is 16.4. The Morgan fingerprint density at radius 3 is 2.43 bits per heavy atom. The molecule has 1 atom stereocenters. The molecule has 0 aliphatic heterocycles. The molecule has 166 valence electrons. The Bertz CT molecular complexity index is 900. The number of aliphatic imine (C=N–C) groups is 1. The van der Waals surface area contributed by atoms with E-state index >= 15 is 0 Å². The normalized spacial score (nSPS) is 12.2. The average molecular weight is 567 g/mol. The number of benzene rings is 1. The fourth-order valence-corrected chi connectivity index (χ4v) is 3.29. The molecule has 0 saturated carbocycles. The smallest absolute Gasteiger partial charge is 0.251 e. The Kier molecular flexibility index (Phi) is 10.9. The fourth-order valence-electron chi connectivity index (χ4n) is 2.99. The molecule has 0 fully saturated rings. The molecule has 3 N–H and O–H groups in total. The molecule has 1 heterocycles. The quantitative estimate of drug-likeness (QED) is 0.207. The van der Waals surface area contributed by atoms with Gasteiger partial charge in [-0.05, 0) is 51.0 Å². The van der Waals surface area contributed by atoms with Gasteiger partial charge < -0.3 is 16.0 Å². The number of aryl methyl sites for hydroxylation is 2. The van der Waals surface area contributed by atoms with Crippen molar-refractivity contribution in [3.05, 3.63) is 50.8 Å². The maximum absolute atomic E-state index is 12.2. The van der Waals surface area contributed by atoms with Crippen molar-refractivity contribution in [2.24, 2.45) is 12.0 Å². The molecule has 30 heavy (non-hydrogen) atoms. The minimum absolute atomic E-state index is 0. The second kappa shape index (κ2) is 12.4. The number of hydrogen-bond donors (Lipinski definition) is 3.